The van der Waals surface area contributed by atoms with Crippen molar-refractivity contribution in [2.24, 2.45) is 5.92 Å². The molecule has 0 aliphatic rings. The Morgan fingerprint density at radius 1 is 0.689 bits per heavy atom. The number of carbonyl (C=O) groups excluding carboxylic acids is 2. The van der Waals surface area contributed by atoms with Gasteiger partial charge in [0.15, 0.2) is 0 Å². The summed E-state index contributed by atoms with van der Waals surface area (Å²) in [5.41, 5.74) is 1.79. The summed E-state index contributed by atoms with van der Waals surface area (Å²) < 4.78 is 31.4. The molecule has 3 rings (SSSR count). The highest BCUT2D eigenvalue weighted by atomic mass is 19.1. The lowest BCUT2D eigenvalue weighted by Gasteiger charge is -2.13. The molecule has 0 aliphatic heterocycles. The number of carbonyl (C=O) groups is 2. The lowest BCUT2D eigenvalue weighted by Crippen LogP contribution is -2.12. The average molecular weight is 619 g/mol. The van der Waals surface area contributed by atoms with Crippen LogP contribution < -0.4 is 9.47 Å². The molecule has 45 heavy (non-hydrogen) atoms. The molecule has 3 aromatic carbocycles. The highest BCUT2D eigenvalue weighted by Crippen LogP contribution is 2.27. The second kappa shape index (κ2) is 20.4. The zero-order valence-electron chi connectivity index (χ0n) is 27.5. The summed E-state index contributed by atoms with van der Waals surface area (Å²) in [6, 6.07) is 18.2. The van der Waals surface area contributed by atoms with Crippen LogP contribution in [-0.4, -0.2) is 25.2 Å². The Hall–Kier alpha value is -3.67. The average Bonchev–Trinajstić information content (AvgIpc) is 3.06. The molecule has 0 unspecified atom stereocenters. The predicted octanol–water partition coefficient (Wildman–Crippen LogP) is 11.0. The van der Waals surface area contributed by atoms with Gasteiger partial charge in [-0.15, -0.1) is 0 Å². The number of rotatable bonds is 21. The lowest BCUT2D eigenvalue weighted by atomic mass is 9.99. The highest BCUT2D eigenvalue weighted by Gasteiger charge is 2.17. The minimum atomic E-state index is -0.790. The quantitative estimate of drug-likeness (QED) is 0.0675. The molecule has 1 atom stereocenters. The largest absolute Gasteiger partial charge is 0.493 e. The minimum Gasteiger partial charge on any atom is -0.493 e. The van der Waals surface area contributed by atoms with E-state index in [9.17, 15) is 14.0 Å². The van der Waals surface area contributed by atoms with Crippen LogP contribution in [0.1, 0.15) is 125 Å². The Bertz CT molecular complexity index is 1300. The van der Waals surface area contributed by atoms with Gasteiger partial charge in [0.2, 0.25) is 0 Å². The van der Waals surface area contributed by atoms with Gasteiger partial charge in [0.1, 0.15) is 17.3 Å². The standard InChI is InChI=1S/C39H51FO5/c1-4-6-7-8-9-10-11-12-13-14-15-18-27-43-33-25-26-36(37(40)28-33)39(42)45-32-23-21-31(22-24-32)34-19-16-17-20-35(34)38(41)44-29-30(3)5-2/h16-17,19-26,28,30H,4-15,18,27,29H2,1-3H3/t30-/m0/s1. The van der Waals surface area contributed by atoms with Crippen molar-refractivity contribution in [2.75, 3.05) is 13.2 Å². The van der Waals surface area contributed by atoms with Crippen LogP contribution in [0.4, 0.5) is 4.39 Å². The smallest absolute Gasteiger partial charge is 0.346 e. The van der Waals surface area contributed by atoms with Gasteiger partial charge in [0.25, 0.3) is 0 Å². The van der Waals surface area contributed by atoms with Crippen molar-refractivity contribution in [3.63, 3.8) is 0 Å². The van der Waals surface area contributed by atoms with Gasteiger partial charge in [0.05, 0.1) is 24.3 Å². The van der Waals surface area contributed by atoms with E-state index in [1.807, 2.05) is 19.1 Å². The molecule has 0 aliphatic carbocycles. The second-order valence-corrected chi connectivity index (χ2v) is 12.0. The predicted molar refractivity (Wildman–Crippen MR) is 180 cm³/mol. The fraction of sp³-hybridized carbons (Fsp3) is 0.487. The van der Waals surface area contributed by atoms with E-state index in [0.717, 1.165) is 30.4 Å². The van der Waals surface area contributed by atoms with Crippen molar-refractivity contribution in [3.05, 3.63) is 83.7 Å². The van der Waals surface area contributed by atoms with Gasteiger partial charge in [-0.05, 0) is 53.8 Å². The van der Waals surface area contributed by atoms with E-state index in [4.69, 9.17) is 14.2 Å². The maximum Gasteiger partial charge on any atom is 0.346 e. The first-order chi connectivity index (χ1) is 21.9. The van der Waals surface area contributed by atoms with Gasteiger partial charge in [-0.2, -0.15) is 0 Å². The Balaban J connectivity index is 1.41. The number of esters is 2. The molecule has 244 valence electrons. The number of unbranched alkanes of at least 4 members (excludes halogenated alkanes) is 11. The van der Waals surface area contributed by atoms with Crippen LogP contribution in [0, 0.1) is 11.7 Å². The van der Waals surface area contributed by atoms with Crippen molar-refractivity contribution in [2.45, 2.75) is 104 Å². The first kappa shape index (κ1) is 35.8. The molecule has 0 heterocycles. The highest BCUT2D eigenvalue weighted by molar-refractivity contribution is 5.97. The van der Waals surface area contributed by atoms with Crippen LogP contribution in [-0.2, 0) is 4.74 Å². The summed E-state index contributed by atoms with van der Waals surface area (Å²) in [5.74, 6) is -0.897. The van der Waals surface area contributed by atoms with Crippen LogP contribution >= 0.6 is 0 Å². The zero-order valence-corrected chi connectivity index (χ0v) is 27.5. The molecule has 0 aromatic heterocycles. The van der Waals surface area contributed by atoms with Crippen molar-refractivity contribution in [1.82, 2.24) is 0 Å². The molecule has 0 saturated carbocycles. The molecule has 0 radical (unpaired) electrons. The van der Waals surface area contributed by atoms with Crippen molar-refractivity contribution >= 4 is 11.9 Å². The van der Waals surface area contributed by atoms with Crippen molar-refractivity contribution < 1.29 is 28.2 Å². The molecule has 0 N–H and O–H groups in total. The van der Waals surface area contributed by atoms with E-state index in [2.05, 4.69) is 13.8 Å². The molecule has 3 aromatic rings. The number of halogens is 1. The first-order valence-corrected chi connectivity index (χ1v) is 16.9. The van der Waals surface area contributed by atoms with E-state index in [-0.39, 0.29) is 23.2 Å². The maximum absolute atomic E-state index is 14.8. The normalized spacial score (nSPS) is 11.6. The molecule has 6 heteroatoms. The maximum atomic E-state index is 14.8. The van der Waals surface area contributed by atoms with Gasteiger partial charge in [-0.1, -0.05) is 128 Å². The topological polar surface area (TPSA) is 61.8 Å². The Morgan fingerprint density at radius 2 is 1.29 bits per heavy atom. The minimum absolute atomic E-state index is 0.161. The Labute approximate surface area is 269 Å². The lowest BCUT2D eigenvalue weighted by molar-refractivity contribution is 0.0447. The molecular formula is C39H51FO5. The monoisotopic (exact) mass is 618 g/mol. The summed E-state index contributed by atoms with van der Waals surface area (Å²) >= 11 is 0. The molecule has 0 bridgehead atoms. The van der Waals surface area contributed by atoms with Crippen LogP contribution in [0.5, 0.6) is 11.5 Å². The Morgan fingerprint density at radius 3 is 1.91 bits per heavy atom. The number of hydrogen-bond donors (Lipinski definition) is 0. The van der Waals surface area contributed by atoms with Gasteiger partial charge < -0.3 is 14.2 Å². The van der Waals surface area contributed by atoms with Gasteiger partial charge in [0, 0.05) is 6.07 Å². The number of ether oxygens (including phenoxy) is 3. The van der Waals surface area contributed by atoms with Crippen LogP contribution in [0.25, 0.3) is 11.1 Å². The molecule has 0 amide bonds. The molecular weight excluding hydrogens is 567 g/mol. The van der Waals surface area contributed by atoms with Crippen LogP contribution in [0.2, 0.25) is 0 Å². The molecule has 0 fully saturated rings. The third-order valence-electron chi connectivity index (χ3n) is 8.15. The second-order valence-electron chi connectivity index (χ2n) is 12.0. The summed E-state index contributed by atoms with van der Waals surface area (Å²) in [4.78, 5) is 25.4. The van der Waals surface area contributed by atoms with Crippen molar-refractivity contribution in [1.29, 1.82) is 0 Å². The van der Waals surface area contributed by atoms with E-state index in [1.165, 1.54) is 76.3 Å². The molecule has 0 spiro atoms. The zero-order chi connectivity index (χ0) is 32.3. The van der Waals surface area contributed by atoms with E-state index >= 15 is 0 Å². The van der Waals surface area contributed by atoms with Gasteiger partial charge >= 0.3 is 11.9 Å². The van der Waals surface area contributed by atoms with E-state index in [1.54, 1.807) is 42.5 Å². The molecule has 0 saturated heterocycles. The number of benzene rings is 3. The summed E-state index contributed by atoms with van der Waals surface area (Å²) in [5, 5.41) is 0. The summed E-state index contributed by atoms with van der Waals surface area (Å²) in [6.45, 7) is 7.22. The summed E-state index contributed by atoms with van der Waals surface area (Å²) in [7, 11) is 0. The fourth-order valence-electron chi connectivity index (χ4n) is 5.08. The Kier molecular flexibility index (Phi) is 16.2. The number of hydrogen-bond acceptors (Lipinski definition) is 5. The van der Waals surface area contributed by atoms with Gasteiger partial charge in [-0.3, -0.25) is 0 Å². The molecule has 5 nitrogen and oxygen atoms in total. The summed E-state index contributed by atoms with van der Waals surface area (Å²) in [6.07, 6.45) is 16.1. The van der Waals surface area contributed by atoms with Crippen LogP contribution in [0.15, 0.2) is 66.7 Å². The van der Waals surface area contributed by atoms with Crippen LogP contribution in [0.3, 0.4) is 0 Å². The third kappa shape index (κ3) is 12.7. The fourth-order valence-corrected chi connectivity index (χ4v) is 5.08. The van der Waals surface area contributed by atoms with Crippen molar-refractivity contribution in [3.8, 4) is 22.6 Å². The van der Waals surface area contributed by atoms with E-state index < -0.39 is 11.8 Å². The first-order valence-electron chi connectivity index (χ1n) is 16.9. The van der Waals surface area contributed by atoms with Gasteiger partial charge in [-0.25, -0.2) is 14.0 Å². The third-order valence-corrected chi connectivity index (χ3v) is 8.15. The van der Waals surface area contributed by atoms with E-state index in [0.29, 0.717) is 24.5 Å². The SMILES string of the molecule is CCCCCCCCCCCCCCOc1ccc(C(=O)Oc2ccc(-c3ccccc3C(=O)OC[C@@H](C)CC)cc2)c(F)c1.